The van der Waals surface area contributed by atoms with E-state index in [4.69, 9.17) is 10.5 Å². The van der Waals surface area contributed by atoms with Crippen LogP contribution in [0.4, 0.5) is 0 Å². The minimum absolute atomic E-state index is 0.0535. The Morgan fingerprint density at radius 1 is 1.11 bits per heavy atom. The van der Waals surface area contributed by atoms with Gasteiger partial charge in [-0.05, 0) is 39.0 Å². The number of carboxylic acid groups (broad SMARTS) is 1. The zero-order valence-corrected chi connectivity index (χ0v) is 12.9. The van der Waals surface area contributed by atoms with Crippen LogP contribution in [0.3, 0.4) is 0 Å². The van der Waals surface area contributed by atoms with Crippen LogP contribution in [0.5, 0.6) is 0 Å². The van der Waals surface area contributed by atoms with Crippen LogP contribution in [0.1, 0.15) is 60.8 Å². The van der Waals surface area contributed by atoms with Crippen molar-refractivity contribution in [3.8, 4) is 0 Å². The summed E-state index contributed by atoms with van der Waals surface area (Å²) >= 11 is 0. The van der Waals surface area contributed by atoms with E-state index in [-0.39, 0.29) is 11.8 Å². The van der Waals surface area contributed by atoms with Crippen LogP contribution in [-0.2, 0) is 14.3 Å². The lowest BCUT2D eigenvalue weighted by Crippen LogP contribution is -2.57. The molecule has 0 saturated heterocycles. The molecule has 0 aromatic rings. The maximum Gasteiger partial charge on any atom is 0.338 e. The number of esters is 1. The Balaban J connectivity index is 4.97. The molecule has 0 amide bonds. The highest BCUT2D eigenvalue weighted by molar-refractivity contribution is 6.03. The van der Waals surface area contributed by atoms with E-state index in [0.29, 0.717) is 6.42 Å². The predicted molar refractivity (Wildman–Crippen MR) is 73.7 cm³/mol. The van der Waals surface area contributed by atoms with E-state index in [1.54, 1.807) is 20.8 Å². The summed E-state index contributed by atoms with van der Waals surface area (Å²) in [5.41, 5.74) is 3.00. The topological polar surface area (TPSA) is 89.6 Å². The SMILES string of the molecule is CCC(C)(C)CCC(N)(C(=O)O)C(=O)OC(C)(C)C. The van der Waals surface area contributed by atoms with Crippen molar-refractivity contribution >= 4 is 11.9 Å². The zero-order chi connectivity index (χ0) is 15.5. The maximum absolute atomic E-state index is 12.0. The number of carbonyl (C=O) groups is 2. The minimum atomic E-state index is -1.97. The third-order valence-electron chi connectivity index (χ3n) is 3.30. The molecule has 19 heavy (non-hydrogen) atoms. The first-order chi connectivity index (χ1) is 8.34. The highest BCUT2D eigenvalue weighted by Crippen LogP contribution is 2.30. The standard InChI is InChI=1S/C14H27NO4/c1-7-13(5,6)8-9-14(15,10(16)17)11(18)19-12(2,3)4/h7-9,15H2,1-6H3,(H,16,17). The van der Waals surface area contributed by atoms with Crippen molar-refractivity contribution in [1.82, 2.24) is 0 Å². The van der Waals surface area contributed by atoms with Crippen LogP contribution in [0.25, 0.3) is 0 Å². The first kappa shape index (κ1) is 17.9. The number of rotatable bonds is 6. The highest BCUT2D eigenvalue weighted by Gasteiger charge is 2.45. The van der Waals surface area contributed by atoms with Crippen molar-refractivity contribution in [2.75, 3.05) is 0 Å². The van der Waals surface area contributed by atoms with Gasteiger partial charge in [0.1, 0.15) is 5.60 Å². The molecule has 0 heterocycles. The second-order valence-electron chi connectivity index (χ2n) is 6.80. The van der Waals surface area contributed by atoms with E-state index in [1.807, 2.05) is 20.8 Å². The molecule has 0 saturated carbocycles. The molecule has 0 fully saturated rings. The average Bonchev–Trinajstić information content (AvgIpc) is 2.23. The Morgan fingerprint density at radius 3 is 1.89 bits per heavy atom. The molecule has 0 aliphatic rings. The molecule has 0 aromatic heterocycles. The van der Waals surface area contributed by atoms with E-state index in [0.717, 1.165) is 6.42 Å². The van der Waals surface area contributed by atoms with Crippen LogP contribution in [0.15, 0.2) is 0 Å². The highest BCUT2D eigenvalue weighted by atomic mass is 16.6. The largest absolute Gasteiger partial charge is 0.479 e. The molecular weight excluding hydrogens is 246 g/mol. The van der Waals surface area contributed by atoms with Gasteiger partial charge in [-0.3, -0.25) is 0 Å². The van der Waals surface area contributed by atoms with Crippen molar-refractivity contribution in [3.63, 3.8) is 0 Å². The fourth-order valence-corrected chi connectivity index (χ4v) is 1.38. The van der Waals surface area contributed by atoms with Gasteiger partial charge in [0, 0.05) is 0 Å². The quantitative estimate of drug-likeness (QED) is 0.572. The molecule has 112 valence electrons. The number of ether oxygens (including phenoxy) is 1. The number of hydrogen-bond donors (Lipinski definition) is 2. The lowest BCUT2D eigenvalue weighted by molar-refractivity contribution is -0.169. The fourth-order valence-electron chi connectivity index (χ4n) is 1.38. The molecule has 5 heteroatoms. The molecule has 0 rings (SSSR count). The number of carboxylic acids is 1. The van der Waals surface area contributed by atoms with Gasteiger partial charge in [0.2, 0.25) is 5.54 Å². The first-order valence-electron chi connectivity index (χ1n) is 6.60. The van der Waals surface area contributed by atoms with Crippen LogP contribution in [-0.4, -0.2) is 28.2 Å². The van der Waals surface area contributed by atoms with Crippen LogP contribution >= 0.6 is 0 Å². The molecule has 0 radical (unpaired) electrons. The summed E-state index contributed by atoms with van der Waals surface area (Å²) < 4.78 is 5.12. The summed E-state index contributed by atoms with van der Waals surface area (Å²) in [7, 11) is 0. The lowest BCUT2D eigenvalue weighted by Gasteiger charge is -2.31. The van der Waals surface area contributed by atoms with Gasteiger partial charge in [-0.1, -0.05) is 27.2 Å². The molecular formula is C14H27NO4. The molecule has 1 atom stereocenters. The van der Waals surface area contributed by atoms with Crippen molar-refractivity contribution in [3.05, 3.63) is 0 Å². The second-order valence-corrected chi connectivity index (χ2v) is 6.80. The third-order valence-corrected chi connectivity index (χ3v) is 3.30. The Hall–Kier alpha value is -1.10. The van der Waals surface area contributed by atoms with Gasteiger partial charge < -0.3 is 15.6 Å². The number of hydrogen-bond acceptors (Lipinski definition) is 4. The van der Waals surface area contributed by atoms with Gasteiger partial charge in [-0.25, -0.2) is 9.59 Å². The summed E-state index contributed by atoms with van der Waals surface area (Å²) in [6.07, 6.45) is 1.50. The van der Waals surface area contributed by atoms with E-state index < -0.39 is 23.1 Å². The van der Waals surface area contributed by atoms with Crippen molar-refractivity contribution < 1.29 is 19.4 Å². The molecule has 0 aliphatic heterocycles. The van der Waals surface area contributed by atoms with E-state index >= 15 is 0 Å². The zero-order valence-electron chi connectivity index (χ0n) is 12.9. The second kappa shape index (κ2) is 5.90. The summed E-state index contributed by atoms with van der Waals surface area (Å²) in [5.74, 6) is -2.21. The predicted octanol–water partition coefficient (Wildman–Crippen LogP) is 2.33. The lowest BCUT2D eigenvalue weighted by atomic mass is 9.80. The summed E-state index contributed by atoms with van der Waals surface area (Å²) in [6, 6.07) is 0. The van der Waals surface area contributed by atoms with Crippen molar-refractivity contribution in [2.45, 2.75) is 71.9 Å². The van der Waals surface area contributed by atoms with Crippen molar-refractivity contribution in [2.24, 2.45) is 11.1 Å². The molecule has 1 unspecified atom stereocenters. The third kappa shape index (κ3) is 5.59. The number of nitrogens with two attached hydrogens (primary N) is 1. The maximum atomic E-state index is 12.0. The van der Waals surface area contributed by atoms with Gasteiger partial charge in [0.25, 0.3) is 0 Å². The summed E-state index contributed by atoms with van der Waals surface area (Å²) in [4.78, 5) is 23.3. The fraction of sp³-hybridized carbons (Fsp3) is 0.857. The number of aliphatic carboxylic acids is 1. The Kier molecular flexibility index (Phi) is 5.56. The average molecular weight is 273 g/mol. The smallest absolute Gasteiger partial charge is 0.338 e. The minimum Gasteiger partial charge on any atom is -0.479 e. The van der Waals surface area contributed by atoms with Crippen LogP contribution in [0, 0.1) is 5.41 Å². The van der Waals surface area contributed by atoms with E-state index in [9.17, 15) is 14.7 Å². The summed E-state index contributed by atoms with van der Waals surface area (Å²) in [6.45, 7) is 11.1. The molecule has 0 aromatic carbocycles. The van der Waals surface area contributed by atoms with Crippen LogP contribution < -0.4 is 5.73 Å². The van der Waals surface area contributed by atoms with Gasteiger partial charge in [0.15, 0.2) is 0 Å². The van der Waals surface area contributed by atoms with Gasteiger partial charge in [-0.15, -0.1) is 0 Å². The van der Waals surface area contributed by atoms with Gasteiger partial charge >= 0.3 is 11.9 Å². The molecule has 0 aliphatic carbocycles. The Labute approximate surface area is 115 Å². The molecule has 3 N–H and O–H groups in total. The monoisotopic (exact) mass is 273 g/mol. The number of carbonyl (C=O) groups excluding carboxylic acids is 1. The Morgan fingerprint density at radius 2 is 1.58 bits per heavy atom. The van der Waals surface area contributed by atoms with Crippen molar-refractivity contribution in [1.29, 1.82) is 0 Å². The van der Waals surface area contributed by atoms with Gasteiger partial charge in [-0.2, -0.15) is 0 Å². The van der Waals surface area contributed by atoms with Crippen LogP contribution in [0.2, 0.25) is 0 Å². The Bertz CT molecular complexity index is 344. The van der Waals surface area contributed by atoms with Gasteiger partial charge in [0.05, 0.1) is 0 Å². The van der Waals surface area contributed by atoms with E-state index in [1.165, 1.54) is 0 Å². The molecule has 0 spiro atoms. The molecule has 0 bridgehead atoms. The first-order valence-corrected chi connectivity index (χ1v) is 6.60. The molecule has 5 nitrogen and oxygen atoms in total. The van der Waals surface area contributed by atoms with E-state index in [2.05, 4.69) is 0 Å². The summed E-state index contributed by atoms with van der Waals surface area (Å²) in [5, 5.41) is 9.24. The normalized spacial score (nSPS) is 15.7.